The molecular formula is C18H36KO3. The zero-order chi connectivity index (χ0) is 15.6. The third kappa shape index (κ3) is 21.1. The number of unbranched alkanes of at least 4 members (excludes halogenated alkanes) is 14. The Morgan fingerprint density at radius 3 is 1.32 bits per heavy atom. The van der Waals surface area contributed by atoms with Crippen LogP contribution in [0, 0.1) is 0 Å². The van der Waals surface area contributed by atoms with Gasteiger partial charge in [0.1, 0.15) is 0 Å². The van der Waals surface area contributed by atoms with Gasteiger partial charge in [-0.15, -0.1) is 0 Å². The molecule has 0 aliphatic rings. The van der Waals surface area contributed by atoms with Gasteiger partial charge >= 0.3 is 5.97 Å². The number of hydrogen-bond donors (Lipinski definition) is 1. The molecule has 1 radical (unpaired) electrons. The number of rotatable bonds is 16. The van der Waals surface area contributed by atoms with Crippen molar-refractivity contribution in [1.29, 1.82) is 0 Å². The van der Waals surface area contributed by atoms with Gasteiger partial charge in [0.25, 0.3) is 0 Å². The molecule has 0 aromatic rings. The Balaban J connectivity index is 0. The zero-order valence-corrected chi connectivity index (χ0v) is 18.2. The summed E-state index contributed by atoms with van der Waals surface area (Å²) in [5, 5.41) is 8.10. The van der Waals surface area contributed by atoms with E-state index in [1.54, 1.807) is 0 Å². The van der Waals surface area contributed by atoms with E-state index in [9.17, 15) is 4.79 Å². The van der Waals surface area contributed by atoms with E-state index < -0.39 is 5.97 Å². The van der Waals surface area contributed by atoms with E-state index in [1.807, 2.05) is 0 Å². The van der Waals surface area contributed by atoms with E-state index in [2.05, 4.69) is 11.8 Å². The molecule has 0 atom stereocenters. The predicted molar refractivity (Wildman–Crippen MR) is 94.0 cm³/mol. The summed E-state index contributed by atoms with van der Waals surface area (Å²) in [6.07, 6.45) is 20.0. The van der Waals surface area contributed by atoms with Gasteiger partial charge in [0.15, 0.2) is 0 Å². The third-order valence-electron chi connectivity index (χ3n) is 4.09. The van der Waals surface area contributed by atoms with Crippen LogP contribution in [0.15, 0.2) is 0 Å². The van der Waals surface area contributed by atoms with Crippen molar-refractivity contribution >= 4 is 57.4 Å². The van der Waals surface area contributed by atoms with Crippen LogP contribution in [0.2, 0.25) is 0 Å². The minimum absolute atomic E-state index is 0. The first-order valence-electron chi connectivity index (χ1n) is 9.15. The van der Waals surface area contributed by atoms with Crippen LogP contribution in [0.25, 0.3) is 0 Å². The molecule has 0 unspecified atom stereocenters. The monoisotopic (exact) mass is 339 g/mol. The van der Waals surface area contributed by atoms with Gasteiger partial charge in [-0.1, -0.05) is 96.8 Å². The molecule has 3 nitrogen and oxygen atoms in total. The van der Waals surface area contributed by atoms with E-state index in [4.69, 9.17) is 5.26 Å². The second-order valence-corrected chi connectivity index (χ2v) is 6.16. The Kier molecular flexibility index (Phi) is 25.4. The van der Waals surface area contributed by atoms with Gasteiger partial charge in [-0.3, -0.25) is 0 Å². The van der Waals surface area contributed by atoms with E-state index >= 15 is 0 Å². The summed E-state index contributed by atoms with van der Waals surface area (Å²) >= 11 is 0. The first kappa shape index (κ1) is 25.3. The second-order valence-electron chi connectivity index (χ2n) is 6.16. The van der Waals surface area contributed by atoms with Crippen LogP contribution in [0.5, 0.6) is 0 Å². The molecule has 1 N–H and O–H groups in total. The molecule has 0 aliphatic heterocycles. The maximum absolute atomic E-state index is 10.7. The Hall–Kier alpha value is 1.07. The quantitative estimate of drug-likeness (QED) is 0.165. The summed E-state index contributed by atoms with van der Waals surface area (Å²) in [5.41, 5.74) is 0. The maximum Gasteiger partial charge on any atom is 0.342 e. The van der Waals surface area contributed by atoms with Gasteiger partial charge in [-0.2, -0.15) is 5.26 Å². The van der Waals surface area contributed by atoms with Crippen LogP contribution < -0.4 is 0 Å². The van der Waals surface area contributed by atoms with Gasteiger partial charge in [-0.25, -0.2) is 4.79 Å². The predicted octanol–water partition coefficient (Wildman–Crippen LogP) is 5.88. The van der Waals surface area contributed by atoms with Crippen molar-refractivity contribution in [2.75, 3.05) is 0 Å². The van der Waals surface area contributed by atoms with E-state index in [1.165, 1.54) is 83.5 Å². The third-order valence-corrected chi connectivity index (χ3v) is 4.09. The van der Waals surface area contributed by atoms with Gasteiger partial charge in [-0.05, 0) is 6.42 Å². The second kappa shape index (κ2) is 22.1. The van der Waals surface area contributed by atoms with Crippen LogP contribution in [-0.4, -0.2) is 62.6 Å². The summed E-state index contributed by atoms with van der Waals surface area (Å²) in [6.45, 7) is 2.27. The van der Waals surface area contributed by atoms with Gasteiger partial charge in [0.2, 0.25) is 0 Å². The molecule has 0 saturated heterocycles. The fourth-order valence-corrected chi connectivity index (χ4v) is 2.69. The molecule has 0 heterocycles. The molecule has 0 aromatic heterocycles. The molecule has 0 spiro atoms. The minimum Gasteiger partial charge on any atom is -0.301 e. The number of hydrogen-bond acceptors (Lipinski definition) is 3. The first-order chi connectivity index (χ1) is 10.3. The van der Waals surface area contributed by atoms with Gasteiger partial charge in [0, 0.05) is 57.8 Å². The molecule has 0 aromatic carbocycles. The van der Waals surface area contributed by atoms with Crippen LogP contribution in [-0.2, 0) is 9.68 Å². The summed E-state index contributed by atoms with van der Waals surface area (Å²) in [7, 11) is 0. The van der Waals surface area contributed by atoms with Crippen LogP contribution in [0.4, 0.5) is 0 Å². The molecular weight excluding hydrogens is 303 g/mol. The van der Waals surface area contributed by atoms with Crippen molar-refractivity contribution in [3.8, 4) is 0 Å². The van der Waals surface area contributed by atoms with Gasteiger partial charge in [0.05, 0.1) is 0 Å². The minimum atomic E-state index is -0.510. The molecule has 0 bridgehead atoms. The Bertz CT molecular complexity index is 222. The summed E-state index contributed by atoms with van der Waals surface area (Å²) < 4.78 is 0. The molecule has 0 aliphatic carbocycles. The first-order valence-corrected chi connectivity index (χ1v) is 9.15. The van der Waals surface area contributed by atoms with Crippen molar-refractivity contribution in [1.82, 2.24) is 0 Å². The molecule has 127 valence electrons. The smallest absolute Gasteiger partial charge is 0.301 e. The summed E-state index contributed by atoms with van der Waals surface area (Å²) in [5.74, 6) is -0.510. The van der Waals surface area contributed by atoms with Crippen molar-refractivity contribution in [2.24, 2.45) is 0 Å². The Morgan fingerprint density at radius 2 is 1.00 bits per heavy atom. The van der Waals surface area contributed by atoms with Crippen molar-refractivity contribution in [2.45, 2.75) is 110 Å². The SMILES string of the molecule is CCCCCCCCCCCCCCCCCC(=O)OO.[K]. The normalized spacial score (nSPS) is 10.3. The molecule has 0 amide bonds. The average molecular weight is 340 g/mol. The largest absolute Gasteiger partial charge is 0.342 e. The fourth-order valence-electron chi connectivity index (χ4n) is 2.69. The van der Waals surface area contributed by atoms with Crippen molar-refractivity contribution < 1.29 is 14.9 Å². The van der Waals surface area contributed by atoms with Crippen LogP contribution in [0.1, 0.15) is 110 Å². The van der Waals surface area contributed by atoms with E-state index in [-0.39, 0.29) is 51.4 Å². The zero-order valence-electron chi connectivity index (χ0n) is 15.1. The summed E-state index contributed by atoms with van der Waals surface area (Å²) in [6, 6.07) is 0. The Labute approximate surface area is 180 Å². The fraction of sp³-hybridized carbons (Fsp3) is 0.944. The maximum atomic E-state index is 10.7. The molecule has 0 rings (SSSR count). The average Bonchev–Trinajstić information content (AvgIpc) is 2.50. The van der Waals surface area contributed by atoms with Crippen LogP contribution in [0.3, 0.4) is 0 Å². The number of carbonyl (C=O) groups excluding carboxylic acids is 1. The van der Waals surface area contributed by atoms with Gasteiger partial charge < -0.3 is 4.89 Å². The van der Waals surface area contributed by atoms with Crippen molar-refractivity contribution in [3.63, 3.8) is 0 Å². The molecule has 0 fully saturated rings. The standard InChI is InChI=1S/C18H36O3.K/c1-2-3-4-5-6-7-8-9-10-11-12-13-14-15-16-17-18(19)21-20;/h20H,2-17H2,1H3;. The molecule has 4 heteroatoms. The molecule has 0 saturated carbocycles. The van der Waals surface area contributed by atoms with Crippen LogP contribution >= 0.6 is 0 Å². The van der Waals surface area contributed by atoms with E-state index in [0.717, 1.165) is 12.8 Å². The Morgan fingerprint density at radius 1 is 0.682 bits per heavy atom. The van der Waals surface area contributed by atoms with E-state index in [0.29, 0.717) is 6.42 Å². The topological polar surface area (TPSA) is 46.5 Å². The number of carbonyl (C=O) groups is 1. The summed E-state index contributed by atoms with van der Waals surface area (Å²) in [4.78, 5) is 14.3. The molecule has 22 heavy (non-hydrogen) atoms. The van der Waals surface area contributed by atoms with Crippen molar-refractivity contribution in [3.05, 3.63) is 0 Å².